The van der Waals surface area contributed by atoms with E-state index < -0.39 is 17.9 Å². The maximum atomic E-state index is 12.5. The van der Waals surface area contributed by atoms with Crippen LogP contribution < -0.4 is 11.1 Å². The van der Waals surface area contributed by atoms with Gasteiger partial charge in [0.15, 0.2) is 5.82 Å². The van der Waals surface area contributed by atoms with E-state index in [-0.39, 0.29) is 17.0 Å². The number of benzene rings is 1. The summed E-state index contributed by atoms with van der Waals surface area (Å²) in [5, 5.41) is 25.6. The van der Waals surface area contributed by atoms with Gasteiger partial charge in [-0.2, -0.15) is 5.21 Å². The van der Waals surface area contributed by atoms with E-state index in [2.05, 4.69) is 30.9 Å². The summed E-state index contributed by atoms with van der Waals surface area (Å²) in [6.07, 6.45) is 1.04. The summed E-state index contributed by atoms with van der Waals surface area (Å²) in [6.45, 7) is 0.425. The number of carboxylic acids is 1. The molecule has 0 bridgehead atoms. The van der Waals surface area contributed by atoms with Crippen LogP contribution in [-0.4, -0.2) is 55.9 Å². The molecule has 0 radical (unpaired) electrons. The van der Waals surface area contributed by atoms with Gasteiger partial charge in [-0.3, -0.25) is 9.79 Å². The molecule has 1 aromatic heterocycles. The second-order valence-electron chi connectivity index (χ2n) is 5.30. The van der Waals surface area contributed by atoms with Crippen LogP contribution in [0.2, 0.25) is 0 Å². The van der Waals surface area contributed by atoms with Crippen molar-refractivity contribution in [3.05, 3.63) is 41.2 Å². The lowest BCUT2D eigenvalue weighted by molar-refractivity contribution is 0.0690. The van der Waals surface area contributed by atoms with Crippen molar-refractivity contribution in [2.75, 3.05) is 12.4 Å². The largest absolute Gasteiger partial charge is 0.478 e. The van der Waals surface area contributed by atoms with Crippen molar-refractivity contribution >= 4 is 29.3 Å². The van der Waals surface area contributed by atoms with Crippen LogP contribution in [0.5, 0.6) is 0 Å². The quantitative estimate of drug-likeness (QED) is 0.216. The third-order valence-corrected chi connectivity index (χ3v) is 3.76. The van der Waals surface area contributed by atoms with Crippen molar-refractivity contribution < 1.29 is 14.7 Å². The third kappa shape index (κ3) is 5.24. The van der Waals surface area contributed by atoms with E-state index in [1.54, 1.807) is 12.1 Å². The van der Waals surface area contributed by atoms with Gasteiger partial charge in [-0.25, -0.2) is 4.79 Å². The number of aromatic nitrogens is 4. The Kier molecular flexibility index (Phi) is 7.03. The highest BCUT2D eigenvalue weighted by atomic mass is 35.5. The zero-order valence-electron chi connectivity index (χ0n) is 13.7. The molecule has 0 fully saturated rings. The van der Waals surface area contributed by atoms with E-state index in [4.69, 9.17) is 17.3 Å². The Bertz CT molecular complexity index is 779. The van der Waals surface area contributed by atoms with Gasteiger partial charge in [0.05, 0.1) is 23.0 Å². The van der Waals surface area contributed by atoms with Crippen molar-refractivity contribution in [3.8, 4) is 0 Å². The first-order valence-electron chi connectivity index (χ1n) is 7.74. The van der Waals surface area contributed by atoms with Crippen molar-refractivity contribution in [1.29, 1.82) is 0 Å². The molecule has 1 atom stereocenters. The first-order chi connectivity index (χ1) is 12.5. The molecule has 1 amide bonds. The molecule has 0 saturated heterocycles. The number of hydrogen-bond donors (Lipinski definition) is 4. The lowest BCUT2D eigenvalue weighted by Crippen LogP contribution is -2.30. The Balaban J connectivity index is 2.10. The second kappa shape index (κ2) is 9.47. The van der Waals surface area contributed by atoms with Crippen molar-refractivity contribution in [2.45, 2.75) is 18.9 Å². The fourth-order valence-electron chi connectivity index (χ4n) is 2.25. The number of carboxylic acid groups (broad SMARTS) is 1. The number of aromatic carboxylic acids is 1. The van der Waals surface area contributed by atoms with Gasteiger partial charge in [-0.1, -0.05) is 17.3 Å². The van der Waals surface area contributed by atoms with Gasteiger partial charge in [0.2, 0.25) is 0 Å². The Labute approximate surface area is 153 Å². The molecule has 1 heterocycles. The molecule has 138 valence electrons. The number of nitrogens with two attached hydrogens (primary N) is 1. The average molecular weight is 380 g/mol. The zero-order chi connectivity index (χ0) is 18.9. The smallest absolute Gasteiger partial charge is 0.336 e. The van der Waals surface area contributed by atoms with E-state index in [0.717, 1.165) is 0 Å². The first kappa shape index (κ1) is 19.3. The van der Waals surface area contributed by atoms with Crippen molar-refractivity contribution in [1.82, 2.24) is 25.9 Å². The van der Waals surface area contributed by atoms with Crippen molar-refractivity contribution in [2.24, 2.45) is 10.7 Å². The molecule has 0 spiro atoms. The third-order valence-electron chi connectivity index (χ3n) is 3.48. The number of aromatic amines is 1. The Morgan fingerprint density at radius 3 is 2.69 bits per heavy atom. The number of carbonyl (C=O) groups excluding carboxylic acids is 1. The summed E-state index contributed by atoms with van der Waals surface area (Å²) in [5.74, 6) is -0.946. The Morgan fingerprint density at radius 2 is 2.08 bits per heavy atom. The number of amides is 1. The van der Waals surface area contributed by atoms with Crippen LogP contribution >= 0.6 is 11.6 Å². The number of rotatable bonds is 9. The fourth-order valence-corrected chi connectivity index (χ4v) is 2.33. The topological polar surface area (TPSA) is 159 Å². The van der Waals surface area contributed by atoms with Crippen molar-refractivity contribution in [3.63, 3.8) is 0 Å². The molecule has 11 heteroatoms. The highest BCUT2D eigenvalue weighted by Crippen LogP contribution is 2.16. The normalized spacial score (nSPS) is 12.6. The molecular weight excluding hydrogens is 362 g/mol. The molecule has 10 nitrogen and oxygen atoms in total. The van der Waals surface area contributed by atoms with E-state index in [0.29, 0.717) is 31.0 Å². The van der Waals surface area contributed by atoms with Crippen LogP contribution in [0.25, 0.3) is 0 Å². The molecule has 5 N–H and O–H groups in total. The Hall–Kier alpha value is -3.01. The number of amidine groups is 1. The number of alkyl halides is 1. The number of tetrazole rings is 1. The predicted molar refractivity (Wildman–Crippen MR) is 94.2 cm³/mol. The van der Waals surface area contributed by atoms with Gasteiger partial charge in [0.25, 0.3) is 5.91 Å². The standard InChI is InChI=1S/C15H18ClN7O3/c16-8-12(17)18-7-3-6-11(13-20-22-23-21-13)19-14(24)9-4-1-2-5-10(9)15(25)26/h1-2,4-5,11H,3,6-8H2,(H2,17,18)(H,19,24)(H,25,26)(H,20,21,22,23)/t11-/m0/s1. The van der Waals surface area contributed by atoms with Crippen LogP contribution in [0.3, 0.4) is 0 Å². The molecule has 26 heavy (non-hydrogen) atoms. The molecule has 0 aliphatic rings. The molecule has 0 unspecified atom stereocenters. The van der Waals surface area contributed by atoms with Crippen LogP contribution in [0.4, 0.5) is 0 Å². The molecule has 2 aromatic rings. The average Bonchev–Trinajstić information content (AvgIpc) is 3.18. The number of nitrogens with one attached hydrogen (secondary N) is 2. The molecule has 0 aliphatic carbocycles. The lowest BCUT2D eigenvalue weighted by atomic mass is 10.1. The fraction of sp³-hybridized carbons (Fsp3) is 0.333. The van der Waals surface area contributed by atoms with Gasteiger partial charge in [-0.15, -0.1) is 21.8 Å². The molecule has 2 rings (SSSR count). The van der Waals surface area contributed by atoms with Gasteiger partial charge in [0, 0.05) is 6.54 Å². The van der Waals surface area contributed by atoms with E-state index in [9.17, 15) is 14.7 Å². The summed E-state index contributed by atoms with van der Waals surface area (Å²) in [7, 11) is 0. The lowest BCUT2D eigenvalue weighted by Gasteiger charge is -2.16. The summed E-state index contributed by atoms with van der Waals surface area (Å²) in [5.41, 5.74) is 5.51. The second-order valence-corrected chi connectivity index (χ2v) is 5.56. The van der Waals surface area contributed by atoms with Crippen LogP contribution in [0, 0.1) is 0 Å². The number of nitrogens with zero attached hydrogens (tertiary/aromatic N) is 4. The monoisotopic (exact) mass is 379 g/mol. The minimum atomic E-state index is -1.18. The number of halogens is 1. The summed E-state index contributed by atoms with van der Waals surface area (Å²) < 4.78 is 0. The van der Waals surface area contributed by atoms with Crippen LogP contribution in [0.1, 0.15) is 45.4 Å². The molecule has 0 aliphatic heterocycles. The summed E-state index contributed by atoms with van der Waals surface area (Å²) >= 11 is 5.56. The maximum Gasteiger partial charge on any atom is 0.336 e. The molecular formula is C15H18ClN7O3. The summed E-state index contributed by atoms with van der Waals surface area (Å²) in [4.78, 5) is 27.9. The highest BCUT2D eigenvalue weighted by molar-refractivity contribution is 6.27. The number of H-pyrrole nitrogens is 1. The first-order valence-corrected chi connectivity index (χ1v) is 8.27. The zero-order valence-corrected chi connectivity index (χ0v) is 14.5. The predicted octanol–water partition coefficient (Wildman–Crippen LogP) is 0.745. The Morgan fingerprint density at radius 1 is 1.35 bits per heavy atom. The minimum absolute atomic E-state index is 0.0536. The van der Waals surface area contributed by atoms with E-state index >= 15 is 0 Å². The van der Waals surface area contributed by atoms with E-state index in [1.165, 1.54) is 12.1 Å². The molecule has 1 aromatic carbocycles. The molecule has 0 saturated carbocycles. The number of aliphatic imine (C=N–C) groups is 1. The minimum Gasteiger partial charge on any atom is -0.478 e. The number of carbonyl (C=O) groups is 2. The number of hydrogen-bond acceptors (Lipinski definition) is 6. The van der Waals surface area contributed by atoms with Crippen LogP contribution in [-0.2, 0) is 0 Å². The highest BCUT2D eigenvalue weighted by Gasteiger charge is 2.22. The van der Waals surface area contributed by atoms with Crippen LogP contribution in [0.15, 0.2) is 29.3 Å². The summed E-state index contributed by atoms with van der Waals surface area (Å²) in [6, 6.07) is 5.39. The van der Waals surface area contributed by atoms with E-state index in [1.807, 2.05) is 0 Å². The van der Waals surface area contributed by atoms with Gasteiger partial charge in [0.1, 0.15) is 5.84 Å². The van der Waals surface area contributed by atoms with Gasteiger partial charge in [-0.05, 0) is 25.0 Å². The van der Waals surface area contributed by atoms with Gasteiger partial charge >= 0.3 is 5.97 Å². The maximum absolute atomic E-state index is 12.5. The SMILES string of the molecule is NC(CCl)=NCCC[C@H](NC(=O)c1ccccc1C(=O)O)c1nn[nH]n1. The van der Waals surface area contributed by atoms with Gasteiger partial charge < -0.3 is 16.2 Å².